The van der Waals surface area contributed by atoms with E-state index in [0.717, 1.165) is 6.54 Å². The molecule has 124 valence electrons. The highest BCUT2D eigenvalue weighted by atomic mass is 15.2. The summed E-state index contributed by atoms with van der Waals surface area (Å²) in [7, 11) is 2.22. The molecule has 1 unspecified atom stereocenters. The van der Waals surface area contributed by atoms with Crippen molar-refractivity contribution >= 4 is 0 Å². The molecular formula is C19H33N3. The fourth-order valence-corrected chi connectivity index (χ4v) is 3.08. The molecule has 3 nitrogen and oxygen atoms in total. The van der Waals surface area contributed by atoms with E-state index in [4.69, 9.17) is 0 Å². The Hall–Kier alpha value is -0.900. The molecule has 0 aromatic heterocycles. The summed E-state index contributed by atoms with van der Waals surface area (Å²) in [6.45, 7) is 11.8. The smallest absolute Gasteiger partial charge is 0.0110 e. The number of nitrogens with one attached hydrogen (secondary N) is 1. The van der Waals surface area contributed by atoms with Crippen molar-refractivity contribution in [2.45, 2.75) is 39.2 Å². The van der Waals surface area contributed by atoms with Gasteiger partial charge in [0.25, 0.3) is 0 Å². The highest BCUT2D eigenvalue weighted by molar-refractivity contribution is 5.22. The molecule has 1 aliphatic rings. The third-order valence-corrected chi connectivity index (χ3v) is 4.69. The number of likely N-dealkylation sites (N-methyl/N-ethyl adjacent to an activating group) is 1. The molecule has 1 N–H and O–H groups in total. The Bertz CT molecular complexity index is 424. The van der Waals surface area contributed by atoms with Crippen LogP contribution in [0.2, 0.25) is 0 Å². The molecule has 3 heteroatoms. The van der Waals surface area contributed by atoms with Crippen molar-refractivity contribution in [1.29, 1.82) is 0 Å². The Labute approximate surface area is 136 Å². The molecule has 0 spiro atoms. The van der Waals surface area contributed by atoms with E-state index in [2.05, 4.69) is 60.3 Å². The van der Waals surface area contributed by atoms with Crippen LogP contribution < -0.4 is 5.32 Å². The van der Waals surface area contributed by atoms with Crippen LogP contribution in [0.3, 0.4) is 0 Å². The van der Waals surface area contributed by atoms with Gasteiger partial charge in [-0.15, -0.1) is 0 Å². The van der Waals surface area contributed by atoms with E-state index in [1.165, 1.54) is 63.1 Å². The first-order chi connectivity index (χ1) is 10.6. The van der Waals surface area contributed by atoms with Crippen LogP contribution in [0.5, 0.6) is 0 Å². The molecule has 2 rings (SSSR count). The second-order valence-electron chi connectivity index (χ2n) is 6.88. The SMILES string of the molecule is Cc1cccc(CCC(C)NCCCN2CCN(C)CC2)c1. The first-order valence-corrected chi connectivity index (χ1v) is 8.83. The molecule has 0 aliphatic carbocycles. The summed E-state index contributed by atoms with van der Waals surface area (Å²) in [4.78, 5) is 5.02. The topological polar surface area (TPSA) is 18.5 Å². The van der Waals surface area contributed by atoms with E-state index in [0.29, 0.717) is 6.04 Å². The Morgan fingerprint density at radius 3 is 2.68 bits per heavy atom. The third-order valence-electron chi connectivity index (χ3n) is 4.69. The number of hydrogen-bond donors (Lipinski definition) is 1. The third kappa shape index (κ3) is 6.47. The number of piperazine rings is 1. The van der Waals surface area contributed by atoms with Crippen molar-refractivity contribution in [2.75, 3.05) is 46.3 Å². The lowest BCUT2D eigenvalue weighted by atomic mass is 10.0. The maximum absolute atomic E-state index is 3.68. The molecule has 1 atom stereocenters. The predicted octanol–water partition coefficient (Wildman–Crippen LogP) is 2.54. The van der Waals surface area contributed by atoms with Gasteiger partial charge in [0.15, 0.2) is 0 Å². The monoisotopic (exact) mass is 303 g/mol. The molecule has 0 saturated carbocycles. The molecule has 22 heavy (non-hydrogen) atoms. The largest absolute Gasteiger partial charge is 0.314 e. The van der Waals surface area contributed by atoms with Crippen molar-refractivity contribution < 1.29 is 0 Å². The standard InChI is InChI=1S/C19H33N3/c1-17-6-4-7-19(16-17)9-8-18(2)20-10-5-11-22-14-12-21(3)13-15-22/h4,6-7,16,18,20H,5,8-15H2,1-3H3. The van der Waals surface area contributed by atoms with Crippen LogP contribution >= 0.6 is 0 Å². The molecule has 0 amide bonds. The van der Waals surface area contributed by atoms with Gasteiger partial charge in [0.1, 0.15) is 0 Å². The number of rotatable bonds is 8. The number of hydrogen-bond acceptors (Lipinski definition) is 3. The van der Waals surface area contributed by atoms with E-state index in [1.54, 1.807) is 0 Å². The average Bonchev–Trinajstić information content (AvgIpc) is 2.51. The van der Waals surface area contributed by atoms with Crippen LogP contribution in [0, 0.1) is 6.92 Å². The normalized spacial score (nSPS) is 18.5. The maximum Gasteiger partial charge on any atom is 0.0110 e. The van der Waals surface area contributed by atoms with Crippen molar-refractivity contribution in [1.82, 2.24) is 15.1 Å². The molecule has 1 saturated heterocycles. The molecule has 1 heterocycles. The van der Waals surface area contributed by atoms with Gasteiger partial charge in [0, 0.05) is 32.2 Å². The van der Waals surface area contributed by atoms with Gasteiger partial charge in [0.2, 0.25) is 0 Å². The van der Waals surface area contributed by atoms with Crippen LogP contribution in [0.25, 0.3) is 0 Å². The van der Waals surface area contributed by atoms with E-state index < -0.39 is 0 Å². The summed E-state index contributed by atoms with van der Waals surface area (Å²) < 4.78 is 0. The van der Waals surface area contributed by atoms with Gasteiger partial charge in [-0.25, -0.2) is 0 Å². The quantitative estimate of drug-likeness (QED) is 0.745. The predicted molar refractivity (Wildman–Crippen MR) is 95.5 cm³/mol. The van der Waals surface area contributed by atoms with Crippen molar-refractivity contribution in [3.8, 4) is 0 Å². The van der Waals surface area contributed by atoms with Crippen molar-refractivity contribution in [2.24, 2.45) is 0 Å². The van der Waals surface area contributed by atoms with Gasteiger partial charge < -0.3 is 15.1 Å². The zero-order chi connectivity index (χ0) is 15.8. The molecule has 1 fully saturated rings. The summed E-state index contributed by atoms with van der Waals surface area (Å²) in [5, 5.41) is 3.68. The van der Waals surface area contributed by atoms with E-state index in [1.807, 2.05) is 0 Å². The van der Waals surface area contributed by atoms with Gasteiger partial charge in [0.05, 0.1) is 0 Å². The van der Waals surface area contributed by atoms with Crippen LogP contribution in [0.1, 0.15) is 30.9 Å². The highest BCUT2D eigenvalue weighted by Crippen LogP contribution is 2.08. The first kappa shape index (κ1) is 17.5. The zero-order valence-electron chi connectivity index (χ0n) is 14.6. The average molecular weight is 303 g/mol. The number of aryl methyl sites for hydroxylation is 2. The van der Waals surface area contributed by atoms with Gasteiger partial charge >= 0.3 is 0 Å². The summed E-state index contributed by atoms with van der Waals surface area (Å²) >= 11 is 0. The number of benzene rings is 1. The second-order valence-corrected chi connectivity index (χ2v) is 6.88. The fourth-order valence-electron chi connectivity index (χ4n) is 3.08. The van der Waals surface area contributed by atoms with Gasteiger partial charge in [-0.3, -0.25) is 0 Å². The van der Waals surface area contributed by atoms with Gasteiger partial charge in [-0.1, -0.05) is 29.8 Å². The van der Waals surface area contributed by atoms with E-state index in [-0.39, 0.29) is 0 Å². The van der Waals surface area contributed by atoms with Crippen LogP contribution in [-0.2, 0) is 6.42 Å². The molecule has 0 radical (unpaired) electrons. The first-order valence-electron chi connectivity index (χ1n) is 8.83. The van der Waals surface area contributed by atoms with Crippen molar-refractivity contribution in [3.63, 3.8) is 0 Å². The highest BCUT2D eigenvalue weighted by Gasteiger charge is 2.12. The lowest BCUT2D eigenvalue weighted by Crippen LogP contribution is -2.45. The van der Waals surface area contributed by atoms with E-state index >= 15 is 0 Å². The minimum Gasteiger partial charge on any atom is -0.314 e. The summed E-state index contributed by atoms with van der Waals surface area (Å²) in [6, 6.07) is 9.49. The molecule has 1 aliphatic heterocycles. The van der Waals surface area contributed by atoms with Crippen molar-refractivity contribution in [3.05, 3.63) is 35.4 Å². The minimum atomic E-state index is 0.605. The Morgan fingerprint density at radius 2 is 1.95 bits per heavy atom. The Morgan fingerprint density at radius 1 is 1.18 bits per heavy atom. The summed E-state index contributed by atoms with van der Waals surface area (Å²) in [6.07, 6.45) is 3.66. The molecule has 0 bridgehead atoms. The van der Waals surface area contributed by atoms with Gasteiger partial charge in [-0.05, 0) is 58.8 Å². The number of nitrogens with zero attached hydrogens (tertiary/aromatic N) is 2. The summed E-state index contributed by atoms with van der Waals surface area (Å²) in [5.74, 6) is 0. The second kappa shape index (κ2) is 9.29. The van der Waals surface area contributed by atoms with Crippen LogP contribution in [0.4, 0.5) is 0 Å². The Balaban J connectivity index is 1.53. The Kier molecular flexibility index (Phi) is 7.37. The minimum absolute atomic E-state index is 0.605. The van der Waals surface area contributed by atoms with Gasteiger partial charge in [-0.2, -0.15) is 0 Å². The van der Waals surface area contributed by atoms with Crippen LogP contribution in [0.15, 0.2) is 24.3 Å². The zero-order valence-corrected chi connectivity index (χ0v) is 14.6. The fraction of sp³-hybridized carbons (Fsp3) is 0.684. The lowest BCUT2D eigenvalue weighted by Gasteiger charge is -2.32. The molecule has 1 aromatic carbocycles. The maximum atomic E-state index is 3.68. The molecule has 1 aromatic rings. The lowest BCUT2D eigenvalue weighted by molar-refractivity contribution is 0.152. The van der Waals surface area contributed by atoms with Crippen LogP contribution in [-0.4, -0.2) is 62.2 Å². The summed E-state index contributed by atoms with van der Waals surface area (Å²) in [5.41, 5.74) is 2.83. The van der Waals surface area contributed by atoms with E-state index in [9.17, 15) is 0 Å². The molecular weight excluding hydrogens is 270 g/mol.